The van der Waals surface area contributed by atoms with E-state index in [2.05, 4.69) is 128 Å². The molecule has 0 aliphatic carbocycles. The number of allylic oxidation sites excluding steroid dienone is 1. The van der Waals surface area contributed by atoms with Crippen LogP contribution in [0.4, 0.5) is 0 Å². The van der Waals surface area contributed by atoms with Gasteiger partial charge in [-0.25, -0.2) is 0 Å². The molecule has 41 heavy (non-hydrogen) atoms. The Labute approximate surface area is 258 Å². The molecule has 242 valence electrons. The molecule has 0 amide bonds. The van der Waals surface area contributed by atoms with Gasteiger partial charge in [0, 0.05) is 18.4 Å². The summed E-state index contributed by atoms with van der Waals surface area (Å²) in [6.45, 7) is 41.1. The molecule has 5 nitrogen and oxygen atoms in total. The average molecular weight is 629 g/mol. The molecule has 0 aromatic carbocycles. The van der Waals surface area contributed by atoms with Crippen LogP contribution in [-0.4, -0.2) is 61.8 Å². The third-order valence-corrected chi connectivity index (χ3v) is 24.1. The Morgan fingerprint density at radius 1 is 0.805 bits per heavy atom. The molecule has 1 rings (SSSR count). The Kier molecular flexibility index (Phi) is 13.2. The predicted octanol–water partition coefficient (Wildman–Crippen LogP) is 9.75. The smallest absolute Gasteiger partial charge is 0.192 e. The van der Waals surface area contributed by atoms with Crippen LogP contribution >= 0.6 is 0 Å². The highest BCUT2D eigenvalue weighted by molar-refractivity contribution is 6.75. The maximum absolute atomic E-state index is 12.3. The van der Waals surface area contributed by atoms with Crippen molar-refractivity contribution < 1.29 is 22.8 Å². The lowest BCUT2D eigenvalue weighted by Crippen LogP contribution is -2.61. The van der Waals surface area contributed by atoms with Crippen molar-refractivity contribution in [2.75, 3.05) is 6.61 Å². The molecule has 0 saturated carbocycles. The Bertz CT molecular complexity index is 877. The second-order valence-electron chi connectivity index (χ2n) is 17.3. The molecule has 0 unspecified atom stereocenters. The summed E-state index contributed by atoms with van der Waals surface area (Å²) in [6, 6.07) is 0. The lowest BCUT2D eigenvalue weighted by Gasteiger charge is -2.51. The number of carbonyl (C=O) groups excluding carboxylic acids is 1. The van der Waals surface area contributed by atoms with E-state index < -0.39 is 25.0 Å². The first-order chi connectivity index (χ1) is 18.1. The number of ketones is 1. The number of carbonyl (C=O) groups is 1. The molecule has 0 aromatic heterocycles. The minimum Gasteiger partial charge on any atom is -0.414 e. The summed E-state index contributed by atoms with van der Waals surface area (Å²) >= 11 is 0. The van der Waals surface area contributed by atoms with Crippen LogP contribution in [0.5, 0.6) is 0 Å². The minimum absolute atomic E-state index is 0.0395. The number of ether oxygens (including phenoxy) is 1. The van der Waals surface area contributed by atoms with Crippen molar-refractivity contribution in [3.05, 3.63) is 12.2 Å². The molecular weight excluding hydrogens is 561 g/mol. The van der Waals surface area contributed by atoms with E-state index in [4.69, 9.17) is 18.0 Å². The number of hydrogen-bond donors (Lipinski definition) is 0. The minimum atomic E-state index is -2.17. The Morgan fingerprint density at radius 3 is 1.66 bits per heavy atom. The van der Waals surface area contributed by atoms with Crippen LogP contribution in [0.15, 0.2) is 12.2 Å². The van der Waals surface area contributed by atoms with Gasteiger partial charge in [-0.05, 0) is 80.6 Å². The van der Waals surface area contributed by atoms with Crippen molar-refractivity contribution in [3.63, 3.8) is 0 Å². The van der Waals surface area contributed by atoms with Crippen LogP contribution in [0, 0.1) is 11.8 Å². The second-order valence-corrected chi connectivity index (χ2v) is 31.6. The SMILES string of the molecule is CC(=O)C[C@@H]1OC[C@H](C/C=C/[C@@H](C)[C@H](C)O[Si](C)(C)C(C)(C)C)[C@@H](O[Si](C)(C)C(C)(C)C)[C@H]1O[Si](C)(C)C(C)(C)C. The maximum Gasteiger partial charge on any atom is 0.192 e. The quantitative estimate of drug-likeness (QED) is 0.159. The van der Waals surface area contributed by atoms with Gasteiger partial charge < -0.3 is 18.0 Å². The van der Waals surface area contributed by atoms with Gasteiger partial charge in [0.15, 0.2) is 25.0 Å². The first-order valence-corrected chi connectivity index (χ1v) is 24.7. The van der Waals surface area contributed by atoms with Gasteiger partial charge in [0.1, 0.15) is 5.78 Å². The summed E-state index contributed by atoms with van der Waals surface area (Å²) in [4.78, 5) is 12.3. The van der Waals surface area contributed by atoms with Crippen LogP contribution in [0.1, 0.15) is 95.9 Å². The highest BCUT2D eigenvalue weighted by atomic mass is 28.4. The zero-order valence-electron chi connectivity index (χ0n) is 30.3. The fourth-order valence-corrected chi connectivity index (χ4v) is 8.47. The third-order valence-electron chi connectivity index (χ3n) is 10.5. The highest BCUT2D eigenvalue weighted by Gasteiger charge is 2.51. The van der Waals surface area contributed by atoms with Crippen molar-refractivity contribution in [3.8, 4) is 0 Å². The summed E-state index contributed by atoms with van der Waals surface area (Å²) in [5, 5.41) is 0.292. The summed E-state index contributed by atoms with van der Waals surface area (Å²) < 4.78 is 27.5. The predicted molar refractivity (Wildman–Crippen MR) is 183 cm³/mol. The van der Waals surface area contributed by atoms with Gasteiger partial charge in [-0.2, -0.15) is 0 Å². The van der Waals surface area contributed by atoms with Crippen molar-refractivity contribution in [2.45, 2.75) is 175 Å². The van der Waals surface area contributed by atoms with E-state index in [1.54, 1.807) is 6.92 Å². The summed E-state index contributed by atoms with van der Waals surface area (Å²) in [6.07, 6.45) is 5.31. The van der Waals surface area contributed by atoms with Gasteiger partial charge in [0.2, 0.25) is 0 Å². The molecule has 1 heterocycles. The molecular formula is C33H68O5Si3. The maximum atomic E-state index is 12.3. The molecule has 0 radical (unpaired) electrons. The Hall–Kier alpha value is -0.0994. The van der Waals surface area contributed by atoms with Crippen molar-refractivity contribution in [2.24, 2.45) is 11.8 Å². The largest absolute Gasteiger partial charge is 0.414 e. The summed E-state index contributed by atoms with van der Waals surface area (Å²) in [5.74, 6) is 0.591. The van der Waals surface area contributed by atoms with Crippen LogP contribution in [-0.2, 0) is 22.8 Å². The van der Waals surface area contributed by atoms with Crippen LogP contribution in [0.25, 0.3) is 0 Å². The van der Waals surface area contributed by atoms with Crippen LogP contribution in [0.2, 0.25) is 54.4 Å². The fraction of sp³-hybridized carbons (Fsp3) is 0.909. The van der Waals surface area contributed by atoms with Gasteiger partial charge >= 0.3 is 0 Å². The number of rotatable bonds is 12. The molecule has 1 aliphatic rings. The van der Waals surface area contributed by atoms with Crippen molar-refractivity contribution >= 4 is 30.7 Å². The first kappa shape index (κ1) is 38.9. The summed E-state index contributed by atoms with van der Waals surface area (Å²) in [5.41, 5.74) is 0. The molecule has 0 bridgehead atoms. The topological polar surface area (TPSA) is 54.0 Å². The van der Waals surface area contributed by atoms with Crippen LogP contribution in [0.3, 0.4) is 0 Å². The fourth-order valence-electron chi connectivity index (χ4n) is 4.29. The average Bonchev–Trinajstić information content (AvgIpc) is 2.73. The van der Waals surface area contributed by atoms with E-state index in [-0.39, 0.29) is 51.2 Å². The van der Waals surface area contributed by atoms with Crippen molar-refractivity contribution in [1.29, 1.82) is 0 Å². The number of Topliss-reactive ketones (excluding diaryl/α,β-unsaturated/α-hetero) is 1. The molecule has 1 fully saturated rings. The third kappa shape index (κ3) is 10.8. The Balaban J connectivity index is 3.36. The van der Waals surface area contributed by atoms with Gasteiger partial charge in [-0.15, -0.1) is 0 Å². The lowest BCUT2D eigenvalue weighted by atomic mass is 9.88. The van der Waals surface area contributed by atoms with E-state index in [0.717, 1.165) is 6.42 Å². The van der Waals surface area contributed by atoms with Gasteiger partial charge in [-0.3, -0.25) is 4.79 Å². The van der Waals surface area contributed by atoms with E-state index >= 15 is 0 Å². The highest BCUT2D eigenvalue weighted by Crippen LogP contribution is 2.44. The number of hydrogen-bond acceptors (Lipinski definition) is 5. The molecule has 0 aromatic rings. The van der Waals surface area contributed by atoms with E-state index in [1.807, 2.05) is 0 Å². The van der Waals surface area contributed by atoms with Gasteiger partial charge in [0.05, 0.1) is 24.9 Å². The second kappa shape index (κ2) is 13.9. The molecule has 0 N–H and O–H groups in total. The first-order valence-electron chi connectivity index (χ1n) is 15.9. The van der Waals surface area contributed by atoms with Crippen LogP contribution < -0.4 is 0 Å². The van der Waals surface area contributed by atoms with E-state index in [9.17, 15) is 4.79 Å². The monoisotopic (exact) mass is 628 g/mol. The molecule has 1 aliphatic heterocycles. The Morgan fingerprint density at radius 2 is 1.24 bits per heavy atom. The van der Waals surface area contributed by atoms with Crippen molar-refractivity contribution in [1.82, 2.24) is 0 Å². The van der Waals surface area contributed by atoms with Gasteiger partial charge in [-0.1, -0.05) is 81.4 Å². The van der Waals surface area contributed by atoms with E-state index in [0.29, 0.717) is 18.9 Å². The zero-order valence-corrected chi connectivity index (χ0v) is 33.3. The standard InChI is InChI=1S/C33H68O5Si3/c1-24(26(3)36-39(13,14)31(4,5)6)20-19-21-27-23-35-28(22-25(2)34)30(38-41(17,18)33(10,11)12)29(27)37-40(15,16)32(7,8)9/h19-20,24,26-30H,21-23H2,1-18H3/b20-19+/t24-,26+,27+,28+,29-,30+/m1/s1. The summed E-state index contributed by atoms with van der Waals surface area (Å²) in [7, 11) is -6.14. The lowest BCUT2D eigenvalue weighted by molar-refractivity contribution is -0.158. The van der Waals surface area contributed by atoms with Gasteiger partial charge in [0.25, 0.3) is 0 Å². The zero-order chi connectivity index (χ0) is 32.4. The van der Waals surface area contributed by atoms with E-state index in [1.165, 1.54) is 0 Å². The molecule has 1 saturated heterocycles. The molecule has 8 heteroatoms. The molecule has 0 spiro atoms. The molecule has 6 atom stereocenters. The normalized spacial score (nSPS) is 25.4.